The molecule has 20 heavy (non-hydrogen) atoms. The lowest BCUT2D eigenvalue weighted by molar-refractivity contribution is 0.627. The molecule has 4 heteroatoms. The van der Waals surface area contributed by atoms with Crippen molar-refractivity contribution in [3.63, 3.8) is 0 Å². The van der Waals surface area contributed by atoms with E-state index in [1.54, 1.807) is 6.33 Å². The Balaban J connectivity index is 2.15. The number of nitrogens with zero attached hydrogens (tertiary/aromatic N) is 2. The van der Waals surface area contributed by atoms with Gasteiger partial charge in [0, 0.05) is 17.5 Å². The monoisotopic (exact) mass is 267 g/mol. The number of fused-ring (bicyclic) bond motifs is 1. The Kier molecular flexibility index (Phi) is 3.37. The molecule has 1 N–H and O–H groups in total. The Labute approximate surface area is 117 Å². The molecule has 0 bridgehead atoms. The third kappa shape index (κ3) is 2.13. The molecule has 0 atom stereocenters. The fourth-order valence-electron chi connectivity index (χ4n) is 2.38. The van der Waals surface area contributed by atoms with Crippen LogP contribution in [0.15, 0.2) is 41.1 Å². The van der Waals surface area contributed by atoms with Gasteiger partial charge in [0.25, 0.3) is 0 Å². The number of rotatable bonds is 4. The highest BCUT2D eigenvalue weighted by molar-refractivity contribution is 5.83. The Morgan fingerprint density at radius 2 is 2.00 bits per heavy atom. The van der Waals surface area contributed by atoms with Gasteiger partial charge in [0.2, 0.25) is 0 Å². The molecule has 0 spiro atoms. The second-order valence-electron chi connectivity index (χ2n) is 4.58. The van der Waals surface area contributed by atoms with Gasteiger partial charge in [-0.2, -0.15) is 0 Å². The first kappa shape index (κ1) is 12.7. The Hall–Kier alpha value is -2.36. The summed E-state index contributed by atoms with van der Waals surface area (Å²) in [6, 6.07) is 10.0. The number of anilines is 1. The van der Waals surface area contributed by atoms with Gasteiger partial charge >= 0.3 is 0 Å². The van der Waals surface area contributed by atoms with Crippen molar-refractivity contribution in [2.45, 2.75) is 20.3 Å². The third-order valence-corrected chi connectivity index (χ3v) is 3.30. The molecular formula is C16H17N3O. The van der Waals surface area contributed by atoms with Crippen molar-refractivity contribution in [1.29, 1.82) is 0 Å². The smallest absolute Gasteiger partial charge is 0.154 e. The molecule has 0 fully saturated rings. The maximum absolute atomic E-state index is 5.91. The Bertz CT molecular complexity index is 700. The van der Waals surface area contributed by atoms with Crippen molar-refractivity contribution in [1.82, 2.24) is 9.97 Å². The minimum atomic E-state index is 0.796. The van der Waals surface area contributed by atoms with Crippen molar-refractivity contribution >= 4 is 16.8 Å². The molecule has 0 saturated heterocycles. The van der Waals surface area contributed by atoms with E-state index in [-0.39, 0.29) is 0 Å². The molecule has 0 aliphatic carbocycles. The molecule has 2 aromatic heterocycles. The molecule has 0 saturated carbocycles. The first-order valence-electron chi connectivity index (χ1n) is 6.90. The number of hydrogen-bond acceptors (Lipinski definition) is 4. The summed E-state index contributed by atoms with van der Waals surface area (Å²) in [6.07, 6.45) is 2.44. The van der Waals surface area contributed by atoms with Crippen LogP contribution in [-0.4, -0.2) is 16.5 Å². The van der Waals surface area contributed by atoms with E-state index in [2.05, 4.69) is 29.1 Å². The van der Waals surface area contributed by atoms with E-state index in [1.165, 1.54) is 0 Å². The summed E-state index contributed by atoms with van der Waals surface area (Å²) < 4.78 is 5.91. The molecule has 3 rings (SSSR count). The normalized spacial score (nSPS) is 10.9. The molecule has 1 aromatic carbocycles. The topological polar surface area (TPSA) is 51.0 Å². The summed E-state index contributed by atoms with van der Waals surface area (Å²) in [5.74, 6) is 1.69. The van der Waals surface area contributed by atoms with Crippen LogP contribution in [0, 0.1) is 0 Å². The second kappa shape index (κ2) is 5.33. The van der Waals surface area contributed by atoms with Gasteiger partial charge in [-0.3, -0.25) is 0 Å². The van der Waals surface area contributed by atoms with E-state index in [9.17, 15) is 0 Å². The minimum Gasteiger partial charge on any atom is -0.454 e. The van der Waals surface area contributed by atoms with Crippen molar-refractivity contribution < 1.29 is 4.42 Å². The molecule has 0 aliphatic rings. The largest absolute Gasteiger partial charge is 0.454 e. The van der Waals surface area contributed by atoms with Gasteiger partial charge in [-0.1, -0.05) is 25.1 Å². The van der Waals surface area contributed by atoms with Crippen LogP contribution in [0.4, 0.5) is 5.82 Å². The zero-order chi connectivity index (χ0) is 13.9. The van der Waals surface area contributed by atoms with Crippen LogP contribution in [-0.2, 0) is 6.42 Å². The zero-order valence-electron chi connectivity index (χ0n) is 11.7. The molecule has 0 unspecified atom stereocenters. The van der Waals surface area contributed by atoms with Gasteiger partial charge in [0.15, 0.2) is 5.76 Å². The Morgan fingerprint density at radius 3 is 2.75 bits per heavy atom. The Morgan fingerprint density at radius 1 is 1.15 bits per heavy atom. The minimum absolute atomic E-state index is 0.796. The van der Waals surface area contributed by atoms with Crippen LogP contribution in [0.3, 0.4) is 0 Å². The number of benzene rings is 1. The summed E-state index contributed by atoms with van der Waals surface area (Å²) in [5.41, 5.74) is 2.84. The summed E-state index contributed by atoms with van der Waals surface area (Å²) in [6.45, 7) is 5.00. The maximum atomic E-state index is 5.91. The highest BCUT2D eigenvalue weighted by Crippen LogP contribution is 2.30. The van der Waals surface area contributed by atoms with Crippen LogP contribution < -0.4 is 5.32 Å². The van der Waals surface area contributed by atoms with Crippen molar-refractivity contribution in [2.24, 2.45) is 0 Å². The fourth-order valence-corrected chi connectivity index (χ4v) is 2.38. The number of hydrogen-bond donors (Lipinski definition) is 1. The lowest BCUT2D eigenvalue weighted by Gasteiger charge is -2.10. The predicted octanol–water partition coefficient (Wildman–Crippen LogP) is 3.88. The van der Waals surface area contributed by atoms with Crippen LogP contribution in [0.25, 0.3) is 22.4 Å². The number of nitrogens with one attached hydrogen (secondary N) is 1. The van der Waals surface area contributed by atoms with Crippen LogP contribution in [0.5, 0.6) is 0 Å². The number of para-hydroxylation sites is 1. The van der Waals surface area contributed by atoms with E-state index >= 15 is 0 Å². The lowest BCUT2D eigenvalue weighted by Crippen LogP contribution is -2.05. The lowest BCUT2D eigenvalue weighted by atomic mass is 10.1. The molecule has 4 nitrogen and oxygen atoms in total. The average molecular weight is 267 g/mol. The molecule has 0 aliphatic heterocycles. The van der Waals surface area contributed by atoms with E-state index < -0.39 is 0 Å². The molecule has 2 heterocycles. The predicted molar refractivity (Wildman–Crippen MR) is 80.8 cm³/mol. The van der Waals surface area contributed by atoms with Gasteiger partial charge < -0.3 is 9.73 Å². The van der Waals surface area contributed by atoms with E-state index in [4.69, 9.17) is 4.42 Å². The van der Waals surface area contributed by atoms with Crippen molar-refractivity contribution in [3.05, 3.63) is 42.2 Å². The molecule has 0 amide bonds. The van der Waals surface area contributed by atoms with Gasteiger partial charge in [-0.15, -0.1) is 0 Å². The number of aromatic nitrogens is 2. The number of furan rings is 1. The summed E-state index contributed by atoms with van der Waals surface area (Å²) in [5, 5.41) is 4.37. The van der Waals surface area contributed by atoms with Crippen LogP contribution in [0.1, 0.15) is 19.4 Å². The molecular weight excluding hydrogens is 250 g/mol. The molecule has 0 radical (unpaired) electrons. The highest BCUT2D eigenvalue weighted by atomic mass is 16.3. The van der Waals surface area contributed by atoms with E-state index in [0.29, 0.717) is 0 Å². The van der Waals surface area contributed by atoms with Crippen LogP contribution in [0.2, 0.25) is 0 Å². The standard InChI is InChI=1S/C16H17N3O/c1-3-12-15(18-10-19-16(12)17-4-2)14-9-11-7-5-6-8-13(11)20-14/h5-10H,3-4H2,1-2H3,(H,17,18,19). The summed E-state index contributed by atoms with van der Waals surface area (Å²) >= 11 is 0. The third-order valence-electron chi connectivity index (χ3n) is 3.30. The van der Waals surface area contributed by atoms with Crippen molar-refractivity contribution in [2.75, 3.05) is 11.9 Å². The van der Waals surface area contributed by atoms with Crippen LogP contribution >= 0.6 is 0 Å². The quantitative estimate of drug-likeness (QED) is 0.779. The van der Waals surface area contributed by atoms with E-state index in [0.717, 1.165) is 46.8 Å². The van der Waals surface area contributed by atoms with Gasteiger partial charge in [-0.05, 0) is 25.5 Å². The summed E-state index contributed by atoms with van der Waals surface area (Å²) in [7, 11) is 0. The average Bonchev–Trinajstić information content (AvgIpc) is 2.91. The molecule has 3 aromatic rings. The van der Waals surface area contributed by atoms with Gasteiger partial charge in [0.1, 0.15) is 23.4 Å². The molecule has 102 valence electrons. The van der Waals surface area contributed by atoms with E-state index in [1.807, 2.05) is 30.3 Å². The van der Waals surface area contributed by atoms with Crippen molar-refractivity contribution in [3.8, 4) is 11.5 Å². The highest BCUT2D eigenvalue weighted by Gasteiger charge is 2.14. The first-order chi connectivity index (χ1) is 9.83. The SMILES string of the molecule is CCNc1ncnc(-c2cc3ccccc3o2)c1CC. The van der Waals surface area contributed by atoms with Gasteiger partial charge in [-0.25, -0.2) is 9.97 Å². The fraction of sp³-hybridized carbons (Fsp3) is 0.250. The zero-order valence-corrected chi connectivity index (χ0v) is 11.7. The summed E-state index contributed by atoms with van der Waals surface area (Å²) in [4.78, 5) is 8.73. The maximum Gasteiger partial charge on any atom is 0.154 e. The van der Waals surface area contributed by atoms with Gasteiger partial charge in [0.05, 0.1) is 0 Å². The second-order valence-corrected chi connectivity index (χ2v) is 4.58. The first-order valence-corrected chi connectivity index (χ1v) is 6.90.